The van der Waals surface area contributed by atoms with Gasteiger partial charge in [-0.2, -0.15) is 0 Å². The van der Waals surface area contributed by atoms with E-state index in [4.69, 9.17) is 11.6 Å². The highest BCUT2D eigenvalue weighted by atomic mass is 35.5. The second-order valence-corrected chi connectivity index (χ2v) is 7.80. The monoisotopic (exact) mass is 393 g/mol. The van der Waals surface area contributed by atoms with E-state index in [-0.39, 0.29) is 11.7 Å². The van der Waals surface area contributed by atoms with Crippen LogP contribution in [-0.4, -0.2) is 16.1 Å². The summed E-state index contributed by atoms with van der Waals surface area (Å²) < 4.78 is 14.3. The van der Waals surface area contributed by atoms with Crippen molar-refractivity contribution in [3.63, 3.8) is 0 Å². The second-order valence-electron chi connectivity index (χ2n) is 5.19. The molecule has 3 rings (SSSR count). The zero-order valence-corrected chi connectivity index (χ0v) is 15.5. The summed E-state index contributed by atoms with van der Waals surface area (Å²) in [5.74, 6) is -0.146. The van der Waals surface area contributed by atoms with Crippen molar-refractivity contribution in [3.8, 4) is 0 Å². The van der Waals surface area contributed by atoms with Crippen LogP contribution in [0.15, 0.2) is 46.8 Å². The van der Waals surface area contributed by atoms with Crippen molar-refractivity contribution in [2.45, 2.75) is 17.0 Å². The summed E-state index contributed by atoms with van der Waals surface area (Å²) in [4.78, 5) is 12.3. The van der Waals surface area contributed by atoms with Gasteiger partial charge in [-0.05, 0) is 36.2 Å². The standard InChI is InChI=1S/C17H13ClFN3OS2/c1-10-6-7-12(13(18)8-10)15(23)20-16-21-22-17(25-16)24-9-11-4-2-3-5-14(11)19/h2-8H,9H2,1H3,(H,20,21,23). The number of carbonyl (C=O) groups excluding carboxylic acids is 1. The molecule has 0 bridgehead atoms. The molecular weight excluding hydrogens is 381 g/mol. The van der Waals surface area contributed by atoms with E-state index in [2.05, 4.69) is 15.5 Å². The van der Waals surface area contributed by atoms with Gasteiger partial charge in [0.25, 0.3) is 5.91 Å². The minimum Gasteiger partial charge on any atom is -0.296 e. The number of anilines is 1. The molecular formula is C17H13ClFN3OS2. The number of amides is 1. The van der Waals surface area contributed by atoms with Gasteiger partial charge in [0.15, 0.2) is 4.34 Å². The van der Waals surface area contributed by atoms with Crippen molar-refractivity contribution >= 4 is 45.7 Å². The van der Waals surface area contributed by atoms with Crippen LogP contribution in [-0.2, 0) is 5.75 Å². The molecule has 25 heavy (non-hydrogen) atoms. The van der Waals surface area contributed by atoms with Gasteiger partial charge in [-0.15, -0.1) is 10.2 Å². The Hall–Kier alpha value is -1.96. The van der Waals surface area contributed by atoms with Gasteiger partial charge in [0.2, 0.25) is 5.13 Å². The smallest absolute Gasteiger partial charge is 0.259 e. The number of benzene rings is 2. The lowest BCUT2D eigenvalue weighted by Gasteiger charge is -2.04. The Bertz CT molecular complexity index is 916. The molecule has 1 aromatic heterocycles. The van der Waals surface area contributed by atoms with E-state index in [1.165, 1.54) is 29.2 Å². The quantitative estimate of drug-likeness (QED) is 0.479. The van der Waals surface area contributed by atoms with Crippen LogP contribution in [0.4, 0.5) is 9.52 Å². The third-order valence-electron chi connectivity index (χ3n) is 3.31. The molecule has 2 aromatic carbocycles. The molecule has 4 nitrogen and oxygen atoms in total. The number of carbonyl (C=O) groups is 1. The SMILES string of the molecule is Cc1ccc(C(=O)Nc2nnc(SCc3ccccc3F)s2)c(Cl)c1. The number of nitrogens with one attached hydrogen (secondary N) is 1. The van der Waals surface area contributed by atoms with Crippen LogP contribution in [0.3, 0.4) is 0 Å². The van der Waals surface area contributed by atoms with Crippen molar-refractivity contribution in [1.82, 2.24) is 10.2 Å². The molecule has 1 heterocycles. The topological polar surface area (TPSA) is 54.9 Å². The number of nitrogens with zero attached hydrogens (tertiary/aromatic N) is 2. The predicted octanol–water partition coefficient (Wildman–Crippen LogP) is 5.18. The average molecular weight is 394 g/mol. The van der Waals surface area contributed by atoms with Crippen molar-refractivity contribution in [2.24, 2.45) is 0 Å². The molecule has 0 aliphatic carbocycles. The third-order valence-corrected chi connectivity index (χ3v) is 5.64. The molecule has 0 saturated carbocycles. The van der Waals surface area contributed by atoms with Crippen LogP contribution >= 0.6 is 34.7 Å². The zero-order chi connectivity index (χ0) is 17.8. The molecule has 0 saturated heterocycles. The molecule has 0 radical (unpaired) electrons. The Morgan fingerprint density at radius 3 is 2.84 bits per heavy atom. The first-order valence-electron chi connectivity index (χ1n) is 7.30. The Kier molecular flexibility index (Phi) is 5.67. The number of aryl methyl sites for hydroxylation is 1. The molecule has 0 aliphatic heterocycles. The maximum atomic E-state index is 13.6. The van der Waals surface area contributed by atoms with Gasteiger partial charge in [-0.25, -0.2) is 4.39 Å². The van der Waals surface area contributed by atoms with Crippen LogP contribution in [0.1, 0.15) is 21.5 Å². The van der Waals surface area contributed by atoms with Gasteiger partial charge in [0.05, 0.1) is 10.6 Å². The van der Waals surface area contributed by atoms with E-state index in [9.17, 15) is 9.18 Å². The highest BCUT2D eigenvalue weighted by Gasteiger charge is 2.14. The van der Waals surface area contributed by atoms with Crippen molar-refractivity contribution in [3.05, 3.63) is 70.0 Å². The Morgan fingerprint density at radius 2 is 2.08 bits per heavy atom. The molecule has 0 unspecified atom stereocenters. The largest absolute Gasteiger partial charge is 0.296 e. The predicted molar refractivity (Wildman–Crippen MR) is 100 cm³/mol. The third kappa shape index (κ3) is 4.56. The lowest BCUT2D eigenvalue weighted by atomic mass is 10.1. The molecule has 3 aromatic rings. The molecule has 1 amide bonds. The number of hydrogen-bond acceptors (Lipinski definition) is 5. The normalized spacial score (nSPS) is 10.7. The first-order chi connectivity index (χ1) is 12.0. The summed E-state index contributed by atoms with van der Waals surface area (Å²) in [6, 6.07) is 11.8. The van der Waals surface area contributed by atoms with Crippen LogP contribution < -0.4 is 5.32 Å². The maximum absolute atomic E-state index is 13.6. The van der Waals surface area contributed by atoms with Crippen LogP contribution in [0.2, 0.25) is 5.02 Å². The molecule has 0 aliphatic rings. The van der Waals surface area contributed by atoms with Crippen LogP contribution in [0, 0.1) is 12.7 Å². The lowest BCUT2D eigenvalue weighted by Crippen LogP contribution is -2.12. The average Bonchev–Trinajstić information content (AvgIpc) is 3.01. The first kappa shape index (κ1) is 17.8. The molecule has 0 fully saturated rings. The maximum Gasteiger partial charge on any atom is 0.259 e. The number of aromatic nitrogens is 2. The molecule has 8 heteroatoms. The highest BCUT2D eigenvalue weighted by molar-refractivity contribution is 8.00. The fourth-order valence-corrected chi connectivity index (χ4v) is 4.10. The van der Waals surface area contributed by atoms with E-state index >= 15 is 0 Å². The molecule has 0 spiro atoms. The Balaban J connectivity index is 1.63. The van der Waals surface area contributed by atoms with E-state index in [1.807, 2.05) is 13.0 Å². The van der Waals surface area contributed by atoms with Gasteiger partial charge in [-0.3, -0.25) is 10.1 Å². The first-order valence-corrected chi connectivity index (χ1v) is 9.48. The minimum atomic E-state index is -0.341. The van der Waals surface area contributed by atoms with E-state index in [0.29, 0.717) is 31.4 Å². The summed E-state index contributed by atoms with van der Waals surface area (Å²) in [6.45, 7) is 1.90. The zero-order valence-electron chi connectivity index (χ0n) is 13.1. The lowest BCUT2D eigenvalue weighted by molar-refractivity contribution is 0.102. The molecule has 0 atom stereocenters. The van der Waals surface area contributed by atoms with Crippen molar-refractivity contribution in [2.75, 3.05) is 5.32 Å². The minimum absolute atomic E-state index is 0.248. The summed E-state index contributed by atoms with van der Waals surface area (Å²) in [5.41, 5.74) is 1.95. The summed E-state index contributed by atoms with van der Waals surface area (Å²) in [6.07, 6.45) is 0. The molecule has 1 N–H and O–H groups in total. The van der Waals surface area contributed by atoms with Gasteiger partial charge in [-0.1, -0.05) is 59.0 Å². The highest BCUT2D eigenvalue weighted by Crippen LogP contribution is 2.29. The molecule has 128 valence electrons. The summed E-state index contributed by atoms with van der Waals surface area (Å²) in [7, 11) is 0. The Labute approximate surface area is 157 Å². The van der Waals surface area contributed by atoms with Crippen molar-refractivity contribution < 1.29 is 9.18 Å². The van der Waals surface area contributed by atoms with E-state index in [0.717, 1.165) is 5.56 Å². The number of thioether (sulfide) groups is 1. The van der Waals surface area contributed by atoms with E-state index in [1.54, 1.807) is 30.3 Å². The van der Waals surface area contributed by atoms with Gasteiger partial charge in [0.1, 0.15) is 5.82 Å². The van der Waals surface area contributed by atoms with Gasteiger partial charge < -0.3 is 0 Å². The summed E-state index contributed by atoms with van der Waals surface area (Å²) in [5, 5.41) is 11.4. The van der Waals surface area contributed by atoms with Crippen LogP contribution in [0.25, 0.3) is 0 Å². The second kappa shape index (κ2) is 7.95. The fraction of sp³-hybridized carbons (Fsp3) is 0.118. The Morgan fingerprint density at radius 1 is 1.28 bits per heavy atom. The van der Waals surface area contributed by atoms with Crippen LogP contribution in [0.5, 0.6) is 0 Å². The van der Waals surface area contributed by atoms with Crippen molar-refractivity contribution in [1.29, 1.82) is 0 Å². The van der Waals surface area contributed by atoms with E-state index < -0.39 is 0 Å². The summed E-state index contributed by atoms with van der Waals surface area (Å²) >= 11 is 8.69. The number of hydrogen-bond donors (Lipinski definition) is 1. The van der Waals surface area contributed by atoms with Gasteiger partial charge in [0, 0.05) is 5.75 Å². The fourth-order valence-electron chi connectivity index (χ4n) is 2.04. The number of rotatable bonds is 5. The number of halogens is 2. The van der Waals surface area contributed by atoms with Gasteiger partial charge >= 0.3 is 0 Å².